The van der Waals surface area contributed by atoms with Crippen molar-refractivity contribution in [3.8, 4) is 5.75 Å². The number of esters is 1. The van der Waals surface area contributed by atoms with E-state index in [1.54, 1.807) is 25.1 Å². The van der Waals surface area contributed by atoms with Crippen molar-refractivity contribution >= 4 is 17.6 Å². The van der Waals surface area contributed by atoms with E-state index >= 15 is 0 Å². The number of carbonyl (C=O) groups is 2. The third-order valence-electron chi connectivity index (χ3n) is 3.68. The second-order valence-corrected chi connectivity index (χ2v) is 6.00. The number of nitrogens with one attached hydrogen (secondary N) is 1. The Kier molecular flexibility index (Phi) is 6.72. The molecule has 0 saturated heterocycles. The van der Waals surface area contributed by atoms with Crippen LogP contribution in [0.25, 0.3) is 0 Å². The Hall–Kier alpha value is -2.89. The van der Waals surface area contributed by atoms with Gasteiger partial charge in [-0.05, 0) is 56.2 Å². The van der Waals surface area contributed by atoms with E-state index in [0.717, 1.165) is 5.56 Å². The summed E-state index contributed by atoms with van der Waals surface area (Å²) in [5.74, 6) is -0.817. The molecule has 0 radical (unpaired) electrons. The first-order valence-electron chi connectivity index (χ1n) is 8.31. The summed E-state index contributed by atoms with van der Waals surface area (Å²) in [6.07, 6.45) is -0.976. The zero-order valence-electron chi connectivity index (χ0n) is 15.0. The second-order valence-electron chi connectivity index (χ2n) is 6.00. The van der Waals surface area contributed by atoms with Crippen LogP contribution in [0.4, 0.5) is 10.1 Å². The maximum Gasteiger partial charge on any atom is 0.310 e. The van der Waals surface area contributed by atoms with Gasteiger partial charge in [0.15, 0.2) is 6.10 Å². The Morgan fingerprint density at radius 3 is 2.62 bits per heavy atom. The van der Waals surface area contributed by atoms with Crippen molar-refractivity contribution in [3.63, 3.8) is 0 Å². The van der Waals surface area contributed by atoms with Crippen LogP contribution in [0.5, 0.6) is 5.75 Å². The van der Waals surface area contributed by atoms with Gasteiger partial charge in [0, 0.05) is 5.69 Å². The van der Waals surface area contributed by atoms with Crippen LogP contribution < -0.4 is 10.1 Å². The Morgan fingerprint density at radius 2 is 1.92 bits per heavy atom. The third kappa shape index (κ3) is 5.88. The number of ether oxygens (including phenoxy) is 2. The fraction of sp³-hybridized carbons (Fsp3) is 0.300. The summed E-state index contributed by atoms with van der Waals surface area (Å²) in [5.41, 5.74) is 1.85. The highest BCUT2D eigenvalue weighted by Crippen LogP contribution is 2.15. The molecule has 26 heavy (non-hydrogen) atoms. The maximum absolute atomic E-state index is 13.5. The monoisotopic (exact) mass is 359 g/mol. The molecule has 6 heteroatoms. The van der Waals surface area contributed by atoms with Crippen LogP contribution in [0.3, 0.4) is 0 Å². The summed E-state index contributed by atoms with van der Waals surface area (Å²) in [4.78, 5) is 23.9. The van der Waals surface area contributed by atoms with Gasteiger partial charge in [-0.3, -0.25) is 9.59 Å². The van der Waals surface area contributed by atoms with Crippen LogP contribution in [-0.2, 0) is 14.3 Å². The number of amides is 1. The van der Waals surface area contributed by atoms with E-state index in [1.807, 2.05) is 25.1 Å². The summed E-state index contributed by atoms with van der Waals surface area (Å²) in [6.45, 7) is 5.19. The molecule has 2 aromatic carbocycles. The molecule has 0 aliphatic heterocycles. The topological polar surface area (TPSA) is 64.6 Å². The second kappa shape index (κ2) is 8.99. The van der Waals surface area contributed by atoms with E-state index in [0.29, 0.717) is 17.0 Å². The van der Waals surface area contributed by atoms with Crippen LogP contribution in [-0.4, -0.2) is 24.6 Å². The van der Waals surface area contributed by atoms with Gasteiger partial charge in [-0.1, -0.05) is 18.2 Å². The zero-order valence-corrected chi connectivity index (χ0v) is 15.0. The summed E-state index contributed by atoms with van der Waals surface area (Å²) < 4.78 is 24.0. The van der Waals surface area contributed by atoms with Crippen LogP contribution in [0.1, 0.15) is 24.5 Å². The van der Waals surface area contributed by atoms with E-state index < -0.39 is 23.8 Å². The lowest BCUT2D eigenvalue weighted by molar-refractivity contribution is -0.153. The van der Waals surface area contributed by atoms with Crippen molar-refractivity contribution in [3.05, 3.63) is 59.4 Å². The summed E-state index contributed by atoms with van der Waals surface area (Å²) in [7, 11) is 0. The Morgan fingerprint density at radius 1 is 1.15 bits per heavy atom. The van der Waals surface area contributed by atoms with Crippen molar-refractivity contribution in [2.75, 3.05) is 11.9 Å². The minimum Gasteiger partial charge on any atom is -0.493 e. The molecule has 0 aromatic heterocycles. The lowest BCUT2D eigenvalue weighted by atomic mass is 10.2. The molecule has 0 saturated carbocycles. The van der Waals surface area contributed by atoms with Crippen molar-refractivity contribution in [2.45, 2.75) is 33.3 Å². The third-order valence-corrected chi connectivity index (χ3v) is 3.68. The van der Waals surface area contributed by atoms with Gasteiger partial charge in [-0.15, -0.1) is 0 Å². The van der Waals surface area contributed by atoms with Gasteiger partial charge >= 0.3 is 5.97 Å². The molecule has 1 N–H and O–H groups in total. The molecular weight excluding hydrogens is 337 g/mol. The Balaban J connectivity index is 1.76. The first kappa shape index (κ1) is 19.4. The van der Waals surface area contributed by atoms with Crippen LogP contribution >= 0.6 is 0 Å². The van der Waals surface area contributed by atoms with Crippen molar-refractivity contribution in [2.24, 2.45) is 0 Å². The molecule has 1 amide bonds. The molecule has 138 valence electrons. The fourth-order valence-electron chi connectivity index (χ4n) is 2.18. The summed E-state index contributed by atoms with van der Waals surface area (Å²) in [6, 6.07) is 11.8. The van der Waals surface area contributed by atoms with E-state index in [9.17, 15) is 14.0 Å². The molecule has 5 nitrogen and oxygen atoms in total. The van der Waals surface area contributed by atoms with Crippen LogP contribution in [0.15, 0.2) is 42.5 Å². The summed E-state index contributed by atoms with van der Waals surface area (Å²) in [5, 5.41) is 2.52. The molecule has 0 aliphatic carbocycles. The number of hydrogen-bond acceptors (Lipinski definition) is 4. The van der Waals surface area contributed by atoms with Gasteiger partial charge in [0.25, 0.3) is 5.91 Å². The van der Waals surface area contributed by atoms with Crippen LogP contribution in [0, 0.1) is 19.7 Å². The standard InChI is InChI=1S/C20H22FNO4/c1-13-5-4-6-17(11-13)25-10-9-19(23)26-15(3)20(24)22-16-8-7-14(2)18(21)12-16/h4-8,11-12,15H,9-10H2,1-3H3,(H,22,24)/t15-/m0/s1. The van der Waals surface area contributed by atoms with E-state index in [4.69, 9.17) is 9.47 Å². The first-order chi connectivity index (χ1) is 12.3. The maximum atomic E-state index is 13.5. The Bertz CT molecular complexity index is 791. The van der Waals surface area contributed by atoms with Crippen molar-refractivity contribution in [1.29, 1.82) is 0 Å². The Labute approximate surface area is 152 Å². The SMILES string of the molecule is Cc1cccc(OCCC(=O)O[C@@H](C)C(=O)Nc2ccc(C)c(F)c2)c1. The summed E-state index contributed by atoms with van der Waals surface area (Å²) >= 11 is 0. The number of halogens is 1. The quantitative estimate of drug-likeness (QED) is 0.764. The number of rotatable bonds is 7. The molecule has 2 aromatic rings. The minimum absolute atomic E-state index is 0.0186. The highest BCUT2D eigenvalue weighted by atomic mass is 19.1. The number of anilines is 1. The van der Waals surface area contributed by atoms with Gasteiger partial charge in [0.2, 0.25) is 0 Å². The van der Waals surface area contributed by atoms with E-state index in [-0.39, 0.29) is 13.0 Å². The largest absolute Gasteiger partial charge is 0.493 e. The molecule has 0 spiro atoms. The smallest absolute Gasteiger partial charge is 0.310 e. The molecule has 2 rings (SSSR count). The van der Waals surface area contributed by atoms with Crippen molar-refractivity contribution in [1.82, 2.24) is 0 Å². The fourth-order valence-corrected chi connectivity index (χ4v) is 2.18. The first-order valence-corrected chi connectivity index (χ1v) is 8.31. The lowest BCUT2D eigenvalue weighted by Gasteiger charge is -2.14. The van der Waals surface area contributed by atoms with E-state index in [2.05, 4.69) is 5.32 Å². The predicted octanol–water partition coefficient (Wildman–Crippen LogP) is 3.78. The van der Waals surface area contributed by atoms with Crippen LogP contribution in [0.2, 0.25) is 0 Å². The lowest BCUT2D eigenvalue weighted by Crippen LogP contribution is -2.30. The molecule has 1 atom stereocenters. The average molecular weight is 359 g/mol. The van der Waals surface area contributed by atoms with Gasteiger partial charge in [0.1, 0.15) is 11.6 Å². The number of carbonyl (C=O) groups excluding carboxylic acids is 2. The van der Waals surface area contributed by atoms with Gasteiger partial charge in [-0.2, -0.15) is 0 Å². The minimum atomic E-state index is -0.995. The molecule has 0 aliphatic rings. The highest BCUT2D eigenvalue weighted by molar-refractivity contribution is 5.95. The van der Waals surface area contributed by atoms with Gasteiger partial charge < -0.3 is 14.8 Å². The van der Waals surface area contributed by atoms with E-state index in [1.165, 1.54) is 13.0 Å². The molecule has 0 heterocycles. The van der Waals surface area contributed by atoms with Gasteiger partial charge in [0.05, 0.1) is 13.0 Å². The molecule has 0 unspecified atom stereocenters. The number of aryl methyl sites for hydroxylation is 2. The number of benzene rings is 2. The van der Waals surface area contributed by atoms with Crippen molar-refractivity contribution < 1.29 is 23.5 Å². The molecule has 0 bridgehead atoms. The predicted molar refractivity (Wildman–Crippen MR) is 96.6 cm³/mol. The normalized spacial score (nSPS) is 11.5. The number of hydrogen-bond donors (Lipinski definition) is 1. The average Bonchev–Trinajstić information content (AvgIpc) is 2.58. The molecule has 0 fully saturated rings. The zero-order chi connectivity index (χ0) is 19.1. The molecular formula is C20H22FNO4. The highest BCUT2D eigenvalue weighted by Gasteiger charge is 2.18. The van der Waals surface area contributed by atoms with Gasteiger partial charge in [-0.25, -0.2) is 4.39 Å².